The highest BCUT2D eigenvalue weighted by Gasteiger charge is 2.28. The molecule has 0 saturated carbocycles. The third kappa shape index (κ3) is 3.70. The number of carbonyl (C=O) groups is 1. The first-order valence-electron chi connectivity index (χ1n) is 9.69. The molecule has 1 fully saturated rings. The Morgan fingerprint density at radius 1 is 1.14 bits per heavy atom. The summed E-state index contributed by atoms with van der Waals surface area (Å²) in [7, 11) is 3.16. The van der Waals surface area contributed by atoms with Crippen LogP contribution in [0.3, 0.4) is 0 Å². The van der Waals surface area contributed by atoms with Gasteiger partial charge in [0.2, 0.25) is 11.9 Å². The van der Waals surface area contributed by atoms with Crippen LogP contribution in [-0.2, 0) is 4.79 Å². The highest BCUT2D eigenvalue weighted by molar-refractivity contribution is 5.93. The van der Waals surface area contributed by atoms with Gasteiger partial charge in [0, 0.05) is 30.5 Å². The lowest BCUT2D eigenvalue weighted by atomic mass is 9.97. The molecular formula is C21H25N5O3. The number of pyridine rings is 1. The van der Waals surface area contributed by atoms with Crippen LogP contribution >= 0.6 is 0 Å². The lowest BCUT2D eigenvalue weighted by Gasteiger charge is -2.32. The summed E-state index contributed by atoms with van der Waals surface area (Å²) in [6.45, 7) is 3.49. The van der Waals surface area contributed by atoms with Gasteiger partial charge in [-0.1, -0.05) is 6.07 Å². The number of nitrogens with one attached hydrogen (secondary N) is 1. The van der Waals surface area contributed by atoms with Crippen molar-refractivity contribution in [3.05, 3.63) is 42.1 Å². The molecule has 0 bridgehead atoms. The third-order valence-corrected chi connectivity index (χ3v) is 5.33. The molecule has 3 heterocycles. The third-order valence-electron chi connectivity index (χ3n) is 5.33. The molecule has 1 amide bonds. The minimum absolute atomic E-state index is 0.00698. The summed E-state index contributed by atoms with van der Waals surface area (Å²) in [5.41, 5.74) is 2.57. The largest absolute Gasteiger partial charge is 0.493 e. The molecule has 0 spiro atoms. The molecule has 1 aromatic carbocycles. The summed E-state index contributed by atoms with van der Waals surface area (Å²) in [5.74, 6) is 1.87. The van der Waals surface area contributed by atoms with Gasteiger partial charge in [0.15, 0.2) is 17.1 Å². The van der Waals surface area contributed by atoms with Crippen LogP contribution in [0.2, 0.25) is 0 Å². The number of aryl methyl sites for hydroxylation is 1. The number of benzene rings is 1. The number of fused-ring (bicyclic) bond motifs is 1. The van der Waals surface area contributed by atoms with Crippen LogP contribution in [-0.4, -0.2) is 47.8 Å². The zero-order valence-electron chi connectivity index (χ0n) is 16.9. The Bertz CT molecular complexity index is 1030. The first-order chi connectivity index (χ1) is 14.1. The predicted molar refractivity (Wildman–Crippen MR) is 111 cm³/mol. The lowest BCUT2D eigenvalue weighted by Crippen LogP contribution is -2.41. The molecule has 0 unspecified atom stereocenters. The molecule has 8 nitrogen and oxygen atoms in total. The minimum Gasteiger partial charge on any atom is -0.493 e. The average molecular weight is 395 g/mol. The number of aromatic nitrogens is 3. The SMILES string of the molecule is COc1ccc(NC(=O)[C@H]2CCCN(c3nnc4cccc(C)n34)C2)cc1OC. The Kier molecular flexibility index (Phi) is 5.24. The minimum atomic E-state index is -0.131. The van der Waals surface area contributed by atoms with E-state index in [0.717, 1.165) is 36.7 Å². The van der Waals surface area contributed by atoms with Crippen LogP contribution in [0.5, 0.6) is 11.5 Å². The van der Waals surface area contributed by atoms with Gasteiger partial charge in [-0.3, -0.25) is 9.20 Å². The van der Waals surface area contributed by atoms with E-state index >= 15 is 0 Å². The van der Waals surface area contributed by atoms with E-state index in [0.29, 0.717) is 23.7 Å². The van der Waals surface area contributed by atoms with Crippen molar-refractivity contribution in [2.24, 2.45) is 5.92 Å². The van der Waals surface area contributed by atoms with E-state index in [1.165, 1.54) is 0 Å². The second-order valence-corrected chi connectivity index (χ2v) is 7.20. The molecular weight excluding hydrogens is 370 g/mol. The Morgan fingerprint density at radius 2 is 1.97 bits per heavy atom. The van der Waals surface area contributed by atoms with Gasteiger partial charge in [-0.05, 0) is 44.0 Å². The maximum Gasteiger partial charge on any atom is 0.231 e. The van der Waals surface area contributed by atoms with Gasteiger partial charge in [0.25, 0.3) is 0 Å². The highest BCUT2D eigenvalue weighted by Crippen LogP contribution is 2.30. The molecule has 0 aliphatic carbocycles. The van der Waals surface area contributed by atoms with Crippen molar-refractivity contribution in [2.75, 3.05) is 37.5 Å². The monoisotopic (exact) mass is 395 g/mol. The molecule has 1 saturated heterocycles. The van der Waals surface area contributed by atoms with Gasteiger partial charge in [-0.15, -0.1) is 10.2 Å². The second kappa shape index (κ2) is 7.98. The number of nitrogens with zero attached hydrogens (tertiary/aromatic N) is 4. The number of carbonyl (C=O) groups excluding carboxylic acids is 1. The number of anilines is 2. The summed E-state index contributed by atoms with van der Waals surface area (Å²) in [4.78, 5) is 15.1. The van der Waals surface area contributed by atoms with Gasteiger partial charge in [-0.25, -0.2) is 0 Å². The normalized spacial score (nSPS) is 16.7. The summed E-state index contributed by atoms with van der Waals surface area (Å²) < 4.78 is 12.6. The molecule has 1 N–H and O–H groups in total. The Morgan fingerprint density at radius 3 is 2.76 bits per heavy atom. The smallest absolute Gasteiger partial charge is 0.231 e. The van der Waals surface area contributed by atoms with E-state index in [-0.39, 0.29) is 11.8 Å². The summed E-state index contributed by atoms with van der Waals surface area (Å²) in [6, 6.07) is 11.3. The number of methoxy groups -OCH3 is 2. The van der Waals surface area contributed by atoms with E-state index in [9.17, 15) is 4.79 Å². The van der Waals surface area contributed by atoms with E-state index in [4.69, 9.17) is 9.47 Å². The van der Waals surface area contributed by atoms with Crippen LogP contribution < -0.4 is 19.7 Å². The number of hydrogen-bond donors (Lipinski definition) is 1. The van der Waals surface area contributed by atoms with Gasteiger partial charge in [-0.2, -0.15) is 0 Å². The fourth-order valence-electron chi connectivity index (χ4n) is 3.82. The number of hydrogen-bond acceptors (Lipinski definition) is 6. The molecule has 1 aliphatic rings. The summed E-state index contributed by atoms with van der Waals surface area (Å²) in [6.07, 6.45) is 1.76. The fourth-order valence-corrected chi connectivity index (χ4v) is 3.82. The second-order valence-electron chi connectivity index (χ2n) is 7.20. The van der Waals surface area contributed by atoms with Gasteiger partial charge < -0.3 is 19.7 Å². The maximum atomic E-state index is 12.9. The first kappa shape index (κ1) is 19.0. The zero-order valence-corrected chi connectivity index (χ0v) is 16.9. The van der Waals surface area contributed by atoms with Crippen molar-refractivity contribution in [3.8, 4) is 11.5 Å². The van der Waals surface area contributed by atoms with Crippen molar-refractivity contribution >= 4 is 23.2 Å². The number of amides is 1. The van der Waals surface area contributed by atoms with Crippen molar-refractivity contribution in [2.45, 2.75) is 19.8 Å². The molecule has 3 aromatic rings. The van der Waals surface area contributed by atoms with E-state index in [1.807, 2.05) is 35.6 Å². The molecule has 1 atom stereocenters. The van der Waals surface area contributed by atoms with E-state index < -0.39 is 0 Å². The van der Waals surface area contributed by atoms with Crippen LogP contribution in [0.25, 0.3) is 5.65 Å². The standard InChI is InChI=1S/C21H25N5O3/c1-14-6-4-8-19-23-24-21(26(14)19)25-11-5-7-15(13-25)20(27)22-16-9-10-17(28-2)18(12-16)29-3/h4,6,8-10,12,15H,5,7,11,13H2,1-3H3,(H,22,27)/t15-/m0/s1. The number of piperidine rings is 1. The Hall–Kier alpha value is -3.29. The highest BCUT2D eigenvalue weighted by atomic mass is 16.5. The van der Waals surface area contributed by atoms with E-state index in [1.54, 1.807) is 26.4 Å². The lowest BCUT2D eigenvalue weighted by molar-refractivity contribution is -0.120. The van der Waals surface area contributed by atoms with Crippen LogP contribution in [0.1, 0.15) is 18.5 Å². The van der Waals surface area contributed by atoms with Gasteiger partial charge >= 0.3 is 0 Å². The molecule has 0 radical (unpaired) electrons. The van der Waals surface area contributed by atoms with Crippen LogP contribution in [0.15, 0.2) is 36.4 Å². The fraction of sp³-hybridized carbons (Fsp3) is 0.381. The Labute approximate surface area is 169 Å². The molecule has 8 heteroatoms. The maximum absolute atomic E-state index is 12.9. The van der Waals surface area contributed by atoms with Crippen molar-refractivity contribution in [1.82, 2.24) is 14.6 Å². The number of ether oxygens (including phenoxy) is 2. The summed E-state index contributed by atoms with van der Waals surface area (Å²) in [5, 5.41) is 11.7. The van der Waals surface area contributed by atoms with Gasteiger partial charge in [0.05, 0.1) is 20.1 Å². The van der Waals surface area contributed by atoms with E-state index in [2.05, 4.69) is 20.4 Å². The van der Waals surface area contributed by atoms with Gasteiger partial charge in [0.1, 0.15) is 0 Å². The molecule has 4 rings (SSSR count). The Balaban J connectivity index is 1.50. The number of rotatable bonds is 5. The predicted octanol–water partition coefficient (Wildman–Crippen LogP) is 2.91. The quantitative estimate of drug-likeness (QED) is 0.715. The zero-order chi connectivity index (χ0) is 20.4. The average Bonchev–Trinajstić information content (AvgIpc) is 3.19. The van der Waals surface area contributed by atoms with Crippen LogP contribution in [0.4, 0.5) is 11.6 Å². The topological polar surface area (TPSA) is 81.0 Å². The van der Waals surface area contributed by atoms with Crippen molar-refractivity contribution in [3.63, 3.8) is 0 Å². The molecule has 2 aromatic heterocycles. The van der Waals surface area contributed by atoms with Crippen molar-refractivity contribution < 1.29 is 14.3 Å². The summed E-state index contributed by atoms with van der Waals surface area (Å²) >= 11 is 0. The first-order valence-corrected chi connectivity index (χ1v) is 9.69. The molecule has 152 valence electrons. The van der Waals surface area contributed by atoms with Crippen molar-refractivity contribution in [1.29, 1.82) is 0 Å². The molecule has 29 heavy (non-hydrogen) atoms. The van der Waals surface area contributed by atoms with Crippen LogP contribution in [0, 0.1) is 12.8 Å². The molecule has 1 aliphatic heterocycles.